The van der Waals surface area contributed by atoms with Crippen molar-refractivity contribution in [3.05, 3.63) is 12.2 Å². The Kier molecular flexibility index (Phi) is 9.63. The molecule has 0 aliphatic carbocycles. The minimum absolute atomic E-state index is 0.131. The maximum absolute atomic E-state index is 10.4. The summed E-state index contributed by atoms with van der Waals surface area (Å²) in [7, 11) is -3.77. The third-order valence-electron chi connectivity index (χ3n) is 2.41. The van der Waals surface area contributed by atoms with Crippen LogP contribution in [0, 0.1) is 0 Å². The molecule has 0 aromatic rings. The van der Waals surface area contributed by atoms with E-state index in [4.69, 9.17) is 4.55 Å². The van der Waals surface area contributed by atoms with Crippen LogP contribution in [0.1, 0.15) is 58.3 Å². The van der Waals surface area contributed by atoms with Gasteiger partial charge in [0.15, 0.2) is 0 Å². The average Bonchev–Trinajstić information content (AvgIpc) is 2.19. The lowest BCUT2D eigenvalue weighted by Gasteiger charge is -1.96. The van der Waals surface area contributed by atoms with Crippen molar-refractivity contribution < 1.29 is 13.0 Å². The summed E-state index contributed by atoms with van der Waals surface area (Å²) in [5, 5.41) is 0. The predicted octanol–water partition coefficient (Wildman–Crippen LogP) is 3.57. The molecule has 0 heterocycles. The van der Waals surface area contributed by atoms with Gasteiger partial charge in [-0.25, -0.2) is 0 Å². The largest absolute Gasteiger partial charge is 0.286 e. The molecular weight excluding hydrogens is 224 g/mol. The van der Waals surface area contributed by atoms with E-state index in [-0.39, 0.29) is 5.75 Å². The van der Waals surface area contributed by atoms with E-state index in [1.165, 1.54) is 32.1 Å². The first-order valence-electron chi connectivity index (χ1n) is 6.16. The van der Waals surface area contributed by atoms with Gasteiger partial charge in [-0.1, -0.05) is 44.8 Å². The van der Waals surface area contributed by atoms with E-state index in [0.29, 0.717) is 6.42 Å². The molecule has 16 heavy (non-hydrogen) atoms. The monoisotopic (exact) mass is 248 g/mol. The van der Waals surface area contributed by atoms with E-state index in [2.05, 4.69) is 13.0 Å². The van der Waals surface area contributed by atoms with Crippen LogP contribution in [0.5, 0.6) is 0 Å². The van der Waals surface area contributed by atoms with Crippen LogP contribution in [0.15, 0.2) is 12.2 Å². The molecule has 0 unspecified atom stereocenters. The number of hydrogen-bond donors (Lipinski definition) is 1. The van der Waals surface area contributed by atoms with Gasteiger partial charge in [0, 0.05) is 0 Å². The van der Waals surface area contributed by atoms with Crippen molar-refractivity contribution in [2.75, 3.05) is 5.75 Å². The quantitative estimate of drug-likeness (QED) is 0.365. The third-order valence-corrected chi connectivity index (χ3v) is 3.22. The first kappa shape index (κ1) is 15.7. The summed E-state index contributed by atoms with van der Waals surface area (Å²) < 4.78 is 29.3. The molecule has 0 aliphatic heterocycles. The maximum atomic E-state index is 10.4. The van der Waals surface area contributed by atoms with Gasteiger partial charge in [0.05, 0.1) is 5.75 Å². The zero-order valence-electron chi connectivity index (χ0n) is 10.2. The smallest absolute Gasteiger partial charge is 0.264 e. The Morgan fingerprint density at radius 1 is 0.938 bits per heavy atom. The van der Waals surface area contributed by atoms with E-state index in [0.717, 1.165) is 12.8 Å². The first-order valence-corrected chi connectivity index (χ1v) is 7.77. The summed E-state index contributed by atoms with van der Waals surface area (Å²) in [6.45, 7) is 2.20. The lowest BCUT2D eigenvalue weighted by molar-refractivity contribution is 0.481. The molecule has 0 fully saturated rings. The summed E-state index contributed by atoms with van der Waals surface area (Å²) in [5.74, 6) is -0.131. The van der Waals surface area contributed by atoms with Crippen molar-refractivity contribution in [2.24, 2.45) is 0 Å². The molecule has 0 atom stereocenters. The molecule has 0 radical (unpaired) electrons. The maximum Gasteiger partial charge on any atom is 0.264 e. The Labute approximate surface area is 99.7 Å². The van der Waals surface area contributed by atoms with Crippen molar-refractivity contribution in [2.45, 2.75) is 58.3 Å². The standard InChI is InChI=1S/C12H24O3S/c1-2-3-4-5-6-7-8-9-10-11-12-16(13,14)15/h8-9H,2-7,10-12H2,1H3,(H,13,14,15). The zero-order chi connectivity index (χ0) is 12.3. The van der Waals surface area contributed by atoms with Gasteiger partial charge in [-0.3, -0.25) is 4.55 Å². The SMILES string of the molecule is CCCCCCCC=CCCCS(=O)(=O)O. The van der Waals surface area contributed by atoms with E-state index in [1.54, 1.807) is 0 Å². The molecule has 96 valence electrons. The lowest BCUT2D eigenvalue weighted by atomic mass is 10.1. The van der Waals surface area contributed by atoms with Crippen LogP contribution in [-0.4, -0.2) is 18.7 Å². The van der Waals surface area contributed by atoms with Crippen LogP contribution >= 0.6 is 0 Å². The van der Waals surface area contributed by atoms with Gasteiger partial charge >= 0.3 is 0 Å². The van der Waals surface area contributed by atoms with Crippen molar-refractivity contribution in [3.63, 3.8) is 0 Å². The van der Waals surface area contributed by atoms with Crippen LogP contribution in [0.4, 0.5) is 0 Å². The molecule has 0 aliphatic rings. The summed E-state index contributed by atoms with van der Waals surface area (Å²) in [5.41, 5.74) is 0. The highest BCUT2D eigenvalue weighted by Crippen LogP contribution is 2.06. The molecule has 0 rings (SSSR count). The Hall–Kier alpha value is -0.350. The summed E-state index contributed by atoms with van der Waals surface area (Å²) in [6, 6.07) is 0. The molecule has 1 N–H and O–H groups in total. The topological polar surface area (TPSA) is 54.4 Å². The molecule has 0 aromatic heterocycles. The highest BCUT2D eigenvalue weighted by atomic mass is 32.2. The van der Waals surface area contributed by atoms with Gasteiger partial charge in [-0.05, 0) is 25.7 Å². The molecule has 0 aromatic carbocycles. The number of hydrogen-bond acceptors (Lipinski definition) is 2. The fraction of sp³-hybridized carbons (Fsp3) is 0.833. The molecule has 4 heteroatoms. The molecule has 0 bridgehead atoms. The Bertz CT molecular complexity index is 268. The summed E-state index contributed by atoms with van der Waals surface area (Å²) in [4.78, 5) is 0. The minimum Gasteiger partial charge on any atom is -0.286 e. The van der Waals surface area contributed by atoms with Crippen LogP contribution in [-0.2, 0) is 10.1 Å². The van der Waals surface area contributed by atoms with Gasteiger partial charge in [0.1, 0.15) is 0 Å². The Morgan fingerprint density at radius 2 is 1.50 bits per heavy atom. The number of rotatable bonds is 10. The molecule has 0 spiro atoms. The van der Waals surface area contributed by atoms with E-state index in [9.17, 15) is 8.42 Å². The molecule has 3 nitrogen and oxygen atoms in total. The predicted molar refractivity (Wildman–Crippen MR) is 68.2 cm³/mol. The molecule has 0 amide bonds. The highest BCUT2D eigenvalue weighted by Gasteiger charge is 2.01. The van der Waals surface area contributed by atoms with Gasteiger partial charge < -0.3 is 0 Å². The normalized spacial score (nSPS) is 12.4. The molecule has 0 saturated carbocycles. The van der Waals surface area contributed by atoms with Crippen molar-refractivity contribution in [3.8, 4) is 0 Å². The van der Waals surface area contributed by atoms with Gasteiger partial charge in [0.25, 0.3) is 10.1 Å². The molecule has 0 saturated heterocycles. The average molecular weight is 248 g/mol. The van der Waals surface area contributed by atoms with E-state index in [1.807, 2.05) is 6.08 Å². The van der Waals surface area contributed by atoms with Gasteiger partial charge in [0.2, 0.25) is 0 Å². The first-order chi connectivity index (χ1) is 7.56. The van der Waals surface area contributed by atoms with Crippen molar-refractivity contribution >= 4 is 10.1 Å². The van der Waals surface area contributed by atoms with Gasteiger partial charge in [-0.2, -0.15) is 8.42 Å². The zero-order valence-corrected chi connectivity index (χ0v) is 11.0. The highest BCUT2D eigenvalue weighted by molar-refractivity contribution is 7.85. The minimum atomic E-state index is -3.77. The number of allylic oxidation sites excluding steroid dienone is 2. The fourth-order valence-corrected chi connectivity index (χ4v) is 2.02. The van der Waals surface area contributed by atoms with Crippen molar-refractivity contribution in [1.82, 2.24) is 0 Å². The number of unbranched alkanes of at least 4 members (excludes halogenated alkanes) is 6. The van der Waals surface area contributed by atoms with Crippen LogP contribution in [0.2, 0.25) is 0 Å². The van der Waals surface area contributed by atoms with Crippen LogP contribution in [0.3, 0.4) is 0 Å². The fourth-order valence-electron chi connectivity index (χ4n) is 1.49. The molecular formula is C12H24O3S. The Balaban J connectivity index is 3.23. The second kappa shape index (κ2) is 9.85. The van der Waals surface area contributed by atoms with E-state index < -0.39 is 10.1 Å². The summed E-state index contributed by atoms with van der Waals surface area (Å²) in [6.07, 6.45) is 12.8. The van der Waals surface area contributed by atoms with Crippen molar-refractivity contribution in [1.29, 1.82) is 0 Å². The van der Waals surface area contributed by atoms with Crippen LogP contribution in [0.25, 0.3) is 0 Å². The summed E-state index contributed by atoms with van der Waals surface area (Å²) >= 11 is 0. The van der Waals surface area contributed by atoms with Gasteiger partial charge in [-0.15, -0.1) is 0 Å². The van der Waals surface area contributed by atoms with Crippen LogP contribution < -0.4 is 0 Å². The second-order valence-corrected chi connectivity index (χ2v) is 5.67. The lowest BCUT2D eigenvalue weighted by Crippen LogP contribution is -2.02. The third kappa shape index (κ3) is 13.7. The Morgan fingerprint density at radius 3 is 2.06 bits per heavy atom. The van der Waals surface area contributed by atoms with E-state index >= 15 is 0 Å². The second-order valence-electron chi connectivity index (χ2n) is 4.10.